The van der Waals surface area contributed by atoms with Crippen LogP contribution in [0, 0.1) is 11.6 Å². The van der Waals surface area contributed by atoms with Crippen LogP contribution in [0.1, 0.15) is 33.1 Å². The van der Waals surface area contributed by atoms with Crippen molar-refractivity contribution in [2.75, 3.05) is 23.3 Å². The molecule has 1 heterocycles. The Hall–Kier alpha value is -3.16. The molecule has 1 aliphatic heterocycles. The summed E-state index contributed by atoms with van der Waals surface area (Å²) in [6.07, 6.45) is 1.08. The standard InChI is InChI=1S/C23H27F2N3O3/c1-3-15(4-2)27-23(30)21-14-28(19-7-5-6-8-20(19)31-21)12-11-22(29)26-16-9-10-17(24)18(25)13-16/h5-10,13,15,21H,3-4,11-12,14H2,1-2H3,(H,26,29)(H,27,30). The quantitative estimate of drug-likeness (QED) is 0.666. The van der Waals surface area contributed by atoms with Crippen molar-refractivity contribution in [3.8, 4) is 5.75 Å². The second kappa shape index (κ2) is 10.2. The Bertz CT molecular complexity index is 934. The molecule has 0 aromatic heterocycles. The van der Waals surface area contributed by atoms with Gasteiger partial charge in [0.05, 0.1) is 12.2 Å². The van der Waals surface area contributed by atoms with E-state index in [-0.39, 0.29) is 30.0 Å². The molecule has 8 heteroatoms. The molecule has 0 fully saturated rings. The fourth-order valence-corrected chi connectivity index (χ4v) is 3.48. The number of anilines is 2. The molecule has 31 heavy (non-hydrogen) atoms. The third-order valence-corrected chi connectivity index (χ3v) is 5.30. The van der Waals surface area contributed by atoms with E-state index in [4.69, 9.17) is 4.74 Å². The van der Waals surface area contributed by atoms with Gasteiger partial charge in [-0.25, -0.2) is 8.78 Å². The number of ether oxygens (including phenoxy) is 1. The van der Waals surface area contributed by atoms with Crippen molar-refractivity contribution >= 4 is 23.2 Å². The minimum absolute atomic E-state index is 0.0867. The smallest absolute Gasteiger partial charge is 0.263 e. The van der Waals surface area contributed by atoms with Crippen molar-refractivity contribution in [1.29, 1.82) is 0 Å². The fraction of sp³-hybridized carbons (Fsp3) is 0.391. The summed E-state index contributed by atoms with van der Waals surface area (Å²) in [4.78, 5) is 27.0. The van der Waals surface area contributed by atoms with Gasteiger partial charge in [-0.05, 0) is 37.1 Å². The first kappa shape index (κ1) is 22.5. The lowest BCUT2D eigenvalue weighted by molar-refractivity contribution is -0.128. The average molecular weight is 431 g/mol. The van der Waals surface area contributed by atoms with E-state index in [1.54, 1.807) is 6.07 Å². The van der Waals surface area contributed by atoms with E-state index in [1.165, 1.54) is 6.07 Å². The number of nitrogens with zero attached hydrogens (tertiary/aromatic N) is 1. The highest BCUT2D eigenvalue weighted by atomic mass is 19.2. The highest BCUT2D eigenvalue weighted by Gasteiger charge is 2.31. The van der Waals surface area contributed by atoms with Crippen LogP contribution in [0.4, 0.5) is 20.2 Å². The summed E-state index contributed by atoms with van der Waals surface area (Å²) in [5.74, 6) is -1.93. The van der Waals surface area contributed by atoms with E-state index < -0.39 is 17.7 Å². The first-order valence-electron chi connectivity index (χ1n) is 10.5. The molecule has 1 unspecified atom stereocenters. The first-order chi connectivity index (χ1) is 14.9. The second-order valence-electron chi connectivity index (χ2n) is 7.47. The number of amides is 2. The lowest BCUT2D eigenvalue weighted by Gasteiger charge is -2.36. The molecule has 2 N–H and O–H groups in total. The number of hydrogen-bond donors (Lipinski definition) is 2. The molecule has 0 radical (unpaired) electrons. The van der Waals surface area contributed by atoms with E-state index in [2.05, 4.69) is 10.6 Å². The Morgan fingerprint density at radius 2 is 1.87 bits per heavy atom. The Kier molecular flexibility index (Phi) is 7.44. The second-order valence-corrected chi connectivity index (χ2v) is 7.47. The van der Waals surface area contributed by atoms with Crippen LogP contribution in [0.3, 0.4) is 0 Å². The van der Waals surface area contributed by atoms with Crippen LogP contribution < -0.4 is 20.3 Å². The Balaban J connectivity index is 1.65. The van der Waals surface area contributed by atoms with E-state index in [9.17, 15) is 18.4 Å². The van der Waals surface area contributed by atoms with Crippen LogP contribution in [0.25, 0.3) is 0 Å². The molecule has 0 saturated carbocycles. The predicted octanol–water partition coefficient (Wildman–Crippen LogP) is 3.87. The van der Waals surface area contributed by atoms with Gasteiger partial charge >= 0.3 is 0 Å². The number of nitrogens with one attached hydrogen (secondary N) is 2. The zero-order chi connectivity index (χ0) is 22.4. The highest BCUT2D eigenvalue weighted by molar-refractivity contribution is 5.91. The van der Waals surface area contributed by atoms with Crippen LogP contribution in [-0.2, 0) is 9.59 Å². The predicted molar refractivity (Wildman–Crippen MR) is 115 cm³/mol. The summed E-state index contributed by atoms with van der Waals surface area (Å²) < 4.78 is 32.3. The first-order valence-corrected chi connectivity index (χ1v) is 10.5. The summed E-state index contributed by atoms with van der Waals surface area (Å²) >= 11 is 0. The van der Waals surface area contributed by atoms with E-state index in [0.29, 0.717) is 18.8 Å². The SMILES string of the molecule is CCC(CC)NC(=O)C1CN(CCC(=O)Nc2ccc(F)c(F)c2)c2ccccc2O1. The van der Waals surface area contributed by atoms with Gasteiger partial charge in [0, 0.05) is 30.8 Å². The maximum Gasteiger partial charge on any atom is 0.263 e. The minimum atomic E-state index is -1.02. The zero-order valence-corrected chi connectivity index (χ0v) is 17.7. The summed E-state index contributed by atoms with van der Waals surface area (Å²) in [5, 5.41) is 5.57. The summed E-state index contributed by atoms with van der Waals surface area (Å²) in [5.41, 5.74) is 0.989. The number of halogens is 2. The van der Waals surface area contributed by atoms with Gasteiger partial charge in [0.15, 0.2) is 17.7 Å². The average Bonchev–Trinajstić information content (AvgIpc) is 2.77. The molecule has 0 bridgehead atoms. The van der Waals surface area contributed by atoms with Crippen molar-refractivity contribution < 1.29 is 23.1 Å². The van der Waals surface area contributed by atoms with Crippen molar-refractivity contribution in [2.24, 2.45) is 0 Å². The van der Waals surface area contributed by atoms with Crippen LogP contribution in [0.2, 0.25) is 0 Å². The molecule has 3 rings (SSSR count). The van der Waals surface area contributed by atoms with Gasteiger partial charge in [0.25, 0.3) is 5.91 Å². The number of rotatable bonds is 8. The normalized spacial score (nSPS) is 15.3. The fourth-order valence-electron chi connectivity index (χ4n) is 3.48. The van der Waals surface area contributed by atoms with Gasteiger partial charge in [-0.2, -0.15) is 0 Å². The number of carbonyl (C=O) groups excluding carboxylic acids is 2. The van der Waals surface area contributed by atoms with Crippen molar-refractivity contribution in [3.63, 3.8) is 0 Å². The third-order valence-electron chi connectivity index (χ3n) is 5.30. The van der Waals surface area contributed by atoms with Crippen molar-refractivity contribution in [2.45, 2.75) is 45.3 Å². The maximum atomic E-state index is 13.3. The summed E-state index contributed by atoms with van der Waals surface area (Å²) in [7, 11) is 0. The third kappa shape index (κ3) is 5.71. The van der Waals surface area contributed by atoms with Gasteiger partial charge in [-0.15, -0.1) is 0 Å². The largest absolute Gasteiger partial charge is 0.477 e. The van der Waals surface area contributed by atoms with Crippen molar-refractivity contribution in [1.82, 2.24) is 5.32 Å². The number of carbonyl (C=O) groups is 2. The van der Waals surface area contributed by atoms with Crippen molar-refractivity contribution in [3.05, 3.63) is 54.1 Å². The molecule has 0 spiro atoms. The van der Waals surface area contributed by atoms with Crippen LogP contribution in [-0.4, -0.2) is 37.0 Å². The Labute approximate surface area is 180 Å². The monoisotopic (exact) mass is 431 g/mol. The molecule has 2 aromatic carbocycles. The van der Waals surface area contributed by atoms with Gasteiger partial charge in [-0.3, -0.25) is 9.59 Å². The van der Waals surface area contributed by atoms with Crippen LogP contribution in [0.15, 0.2) is 42.5 Å². The molecule has 1 atom stereocenters. The van der Waals surface area contributed by atoms with Gasteiger partial charge in [0.2, 0.25) is 5.91 Å². The van der Waals surface area contributed by atoms with E-state index in [0.717, 1.165) is 30.7 Å². The van der Waals surface area contributed by atoms with E-state index >= 15 is 0 Å². The minimum Gasteiger partial charge on any atom is -0.477 e. The summed E-state index contributed by atoms with van der Waals surface area (Å²) in [6.45, 7) is 4.68. The molecule has 2 aromatic rings. The van der Waals surface area contributed by atoms with Crippen LogP contribution >= 0.6 is 0 Å². The molecule has 2 amide bonds. The summed E-state index contributed by atoms with van der Waals surface area (Å²) in [6, 6.07) is 10.6. The lowest BCUT2D eigenvalue weighted by atomic mass is 10.1. The van der Waals surface area contributed by atoms with Gasteiger partial charge < -0.3 is 20.3 Å². The topological polar surface area (TPSA) is 70.7 Å². The van der Waals surface area contributed by atoms with Gasteiger partial charge in [-0.1, -0.05) is 26.0 Å². The molecule has 0 saturated heterocycles. The van der Waals surface area contributed by atoms with E-state index in [1.807, 2.05) is 36.9 Å². The lowest BCUT2D eigenvalue weighted by Crippen LogP contribution is -2.51. The molecule has 6 nitrogen and oxygen atoms in total. The number of benzene rings is 2. The molecule has 1 aliphatic rings. The Morgan fingerprint density at radius 3 is 2.58 bits per heavy atom. The highest BCUT2D eigenvalue weighted by Crippen LogP contribution is 2.33. The number of hydrogen-bond acceptors (Lipinski definition) is 4. The molecule has 0 aliphatic carbocycles. The van der Waals surface area contributed by atoms with Crippen LogP contribution in [0.5, 0.6) is 5.75 Å². The molecular formula is C23H27F2N3O3. The Morgan fingerprint density at radius 1 is 1.13 bits per heavy atom. The number of para-hydroxylation sites is 2. The zero-order valence-electron chi connectivity index (χ0n) is 17.7. The molecular weight excluding hydrogens is 404 g/mol. The van der Waals surface area contributed by atoms with Gasteiger partial charge in [0.1, 0.15) is 5.75 Å². The maximum absolute atomic E-state index is 13.3. The number of fused-ring (bicyclic) bond motifs is 1. The molecule has 166 valence electrons.